The maximum Gasteiger partial charge on any atom is 0.337 e. The molecule has 5 nitrogen and oxygen atoms in total. The molecule has 1 aromatic rings. The van der Waals surface area contributed by atoms with E-state index in [2.05, 4.69) is 5.32 Å². The number of carboxylic acid groups (broad SMARTS) is 1. The molecule has 0 saturated heterocycles. The van der Waals surface area contributed by atoms with E-state index in [0.29, 0.717) is 5.69 Å². The van der Waals surface area contributed by atoms with Crippen LogP contribution < -0.4 is 5.32 Å². The normalized spacial score (nSPS) is 15.5. The molecule has 0 spiro atoms. The predicted octanol–water partition coefficient (Wildman–Crippen LogP) is 3.49. The summed E-state index contributed by atoms with van der Waals surface area (Å²) in [6, 6.07) is 4.99. The highest BCUT2D eigenvalue weighted by atomic mass is 16.4. The van der Waals surface area contributed by atoms with E-state index < -0.39 is 5.97 Å². The number of carboxylic acids is 1. The molecule has 0 unspecified atom stereocenters. The third-order valence-electron chi connectivity index (χ3n) is 4.18. The van der Waals surface area contributed by atoms with Gasteiger partial charge in [0.05, 0.1) is 11.3 Å². The summed E-state index contributed by atoms with van der Waals surface area (Å²) in [7, 11) is 1.78. The van der Waals surface area contributed by atoms with E-state index in [4.69, 9.17) is 0 Å². The van der Waals surface area contributed by atoms with Crippen LogP contribution in [0.2, 0.25) is 0 Å². The maximum absolute atomic E-state index is 12.4. The van der Waals surface area contributed by atoms with Crippen molar-refractivity contribution < 1.29 is 14.7 Å². The summed E-state index contributed by atoms with van der Waals surface area (Å²) in [5.74, 6) is -1.03. The Morgan fingerprint density at radius 1 is 1.24 bits per heavy atom. The van der Waals surface area contributed by atoms with Gasteiger partial charge in [0.1, 0.15) is 0 Å². The van der Waals surface area contributed by atoms with Gasteiger partial charge in [0.2, 0.25) is 0 Å². The quantitative estimate of drug-likeness (QED) is 0.895. The second kappa shape index (κ2) is 6.61. The lowest BCUT2D eigenvalue weighted by Gasteiger charge is -2.31. The van der Waals surface area contributed by atoms with Crippen molar-refractivity contribution in [3.8, 4) is 0 Å². The lowest BCUT2D eigenvalue weighted by molar-refractivity contribution is 0.0698. The molecule has 2 rings (SSSR count). The Balaban J connectivity index is 2.13. The predicted molar refractivity (Wildman–Crippen MR) is 81.8 cm³/mol. The minimum absolute atomic E-state index is 0.125. The highest BCUT2D eigenvalue weighted by Gasteiger charge is 2.23. The molecule has 1 aliphatic rings. The van der Waals surface area contributed by atoms with Crippen LogP contribution in [0.15, 0.2) is 18.2 Å². The molecule has 1 saturated carbocycles. The number of urea groups is 1. The number of amides is 2. The molecular formula is C16H22N2O3. The number of benzene rings is 1. The first-order valence-corrected chi connectivity index (χ1v) is 7.37. The monoisotopic (exact) mass is 290 g/mol. The third kappa shape index (κ3) is 3.54. The van der Waals surface area contributed by atoms with Crippen LogP contribution in [0.1, 0.15) is 48.0 Å². The van der Waals surface area contributed by atoms with Crippen molar-refractivity contribution in [2.24, 2.45) is 0 Å². The van der Waals surface area contributed by atoms with Gasteiger partial charge in [-0.3, -0.25) is 0 Å². The number of rotatable bonds is 3. The fourth-order valence-corrected chi connectivity index (χ4v) is 2.84. The maximum atomic E-state index is 12.4. The van der Waals surface area contributed by atoms with Gasteiger partial charge in [0.25, 0.3) is 0 Å². The van der Waals surface area contributed by atoms with Gasteiger partial charge >= 0.3 is 12.0 Å². The number of hydrogen-bond donors (Lipinski definition) is 2. The summed E-state index contributed by atoms with van der Waals surface area (Å²) in [6.07, 6.45) is 5.56. The molecule has 5 heteroatoms. The van der Waals surface area contributed by atoms with Crippen LogP contribution in [0.4, 0.5) is 10.5 Å². The highest BCUT2D eigenvalue weighted by Crippen LogP contribution is 2.24. The minimum atomic E-state index is -1.03. The fourth-order valence-electron chi connectivity index (χ4n) is 2.84. The summed E-state index contributed by atoms with van der Waals surface area (Å²) in [5, 5.41) is 12.0. The number of nitrogens with zero attached hydrogens (tertiary/aromatic N) is 1. The van der Waals surface area contributed by atoms with Crippen LogP contribution in [0.5, 0.6) is 0 Å². The number of anilines is 1. The fraction of sp³-hybridized carbons (Fsp3) is 0.500. The van der Waals surface area contributed by atoms with Gasteiger partial charge in [-0.15, -0.1) is 0 Å². The lowest BCUT2D eigenvalue weighted by atomic mass is 9.95. The molecule has 21 heavy (non-hydrogen) atoms. The first-order chi connectivity index (χ1) is 10.0. The van der Waals surface area contributed by atoms with E-state index in [1.165, 1.54) is 12.5 Å². The molecule has 0 atom stereocenters. The van der Waals surface area contributed by atoms with E-state index in [-0.39, 0.29) is 17.6 Å². The molecule has 2 amide bonds. The number of nitrogens with one attached hydrogen (secondary N) is 1. The Kier molecular flexibility index (Phi) is 4.83. The molecule has 1 fully saturated rings. The van der Waals surface area contributed by atoms with Gasteiger partial charge in [0, 0.05) is 13.1 Å². The summed E-state index contributed by atoms with van der Waals surface area (Å²) in [4.78, 5) is 25.3. The Bertz CT molecular complexity index is 536. The van der Waals surface area contributed by atoms with Gasteiger partial charge in [-0.2, -0.15) is 0 Å². The van der Waals surface area contributed by atoms with Crippen molar-refractivity contribution in [3.05, 3.63) is 29.3 Å². The zero-order chi connectivity index (χ0) is 15.4. The smallest absolute Gasteiger partial charge is 0.337 e. The third-order valence-corrected chi connectivity index (χ3v) is 4.18. The largest absolute Gasteiger partial charge is 0.478 e. The summed E-state index contributed by atoms with van der Waals surface area (Å²) in [6.45, 7) is 1.79. The van der Waals surface area contributed by atoms with Crippen LogP contribution in [-0.2, 0) is 0 Å². The molecule has 0 aliphatic heterocycles. The molecule has 114 valence electrons. The van der Waals surface area contributed by atoms with E-state index in [9.17, 15) is 14.7 Å². The number of carbonyl (C=O) groups excluding carboxylic acids is 1. The summed E-state index contributed by atoms with van der Waals surface area (Å²) < 4.78 is 0. The van der Waals surface area contributed by atoms with Gasteiger partial charge in [0.15, 0.2) is 0 Å². The van der Waals surface area contributed by atoms with E-state index in [0.717, 1.165) is 31.2 Å². The van der Waals surface area contributed by atoms with E-state index >= 15 is 0 Å². The first kappa shape index (κ1) is 15.4. The van der Waals surface area contributed by atoms with Crippen LogP contribution >= 0.6 is 0 Å². The first-order valence-electron chi connectivity index (χ1n) is 7.37. The zero-order valence-corrected chi connectivity index (χ0v) is 12.6. The Labute approximate surface area is 125 Å². The van der Waals surface area contributed by atoms with Crippen molar-refractivity contribution in [3.63, 3.8) is 0 Å². The molecule has 0 heterocycles. The summed E-state index contributed by atoms with van der Waals surface area (Å²) >= 11 is 0. The van der Waals surface area contributed by atoms with Crippen LogP contribution in [0, 0.1) is 6.92 Å². The van der Waals surface area contributed by atoms with Crippen LogP contribution in [-0.4, -0.2) is 35.1 Å². The molecular weight excluding hydrogens is 268 g/mol. The number of aryl methyl sites for hydroxylation is 1. The van der Waals surface area contributed by atoms with Crippen molar-refractivity contribution in [2.45, 2.75) is 45.1 Å². The number of hydrogen-bond acceptors (Lipinski definition) is 2. The van der Waals surface area contributed by atoms with E-state index in [1.54, 1.807) is 31.0 Å². The average Bonchev–Trinajstić information content (AvgIpc) is 2.49. The van der Waals surface area contributed by atoms with Crippen LogP contribution in [0.25, 0.3) is 0 Å². The number of carbonyl (C=O) groups is 2. The number of aromatic carboxylic acids is 1. The Hall–Kier alpha value is -2.04. The van der Waals surface area contributed by atoms with Gasteiger partial charge in [-0.25, -0.2) is 9.59 Å². The molecule has 0 radical (unpaired) electrons. The second-order valence-electron chi connectivity index (χ2n) is 5.64. The molecule has 2 N–H and O–H groups in total. The summed E-state index contributed by atoms with van der Waals surface area (Å²) in [5.41, 5.74) is 1.26. The van der Waals surface area contributed by atoms with Crippen molar-refractivity contribution >= 4 is 17.7 Å². The van der Waals surface area contributed by atoms with Crippen molar-refractivity contribution in [1.29, 1.82) is 0 Å². The van der Waals surface area contributed by atoms with Crippen molar-refractivity contribution in [2.75, 3.05) is 12.4 Å². The molecule has 0 aromatic heterocycles. The van der Waals surface area contributed by atoms with Gasteiger partial charge < -0.3 is 15.3 Å². The van der Waals surface area contributed by atoms with Gasteiger partial charge in [-0.1, -0.05) is 31.4 Å². The average molecular weight is 290 g/mol. The Morgan fingerprint density at radius 2 is 1.90 bits per heavy atom. The van der Waals surface area contributed by atoms with E-state index in [1.807, 2.05) is 0 Å². The highest BCUT2D eigenvalue weighted by molar-refractivity contribution is 6.01. The second-order valence-corrected chi connectivity index (χ2v) is 5.64. The zero-order valence-electron chi connectivity index (χ0n) is 12.6. The molecule has 1 aromatic carbocycles. The lowest BCUT2D eigenvalue weighted by Crippen LogP contribution is -2.41. The van der Waals surface area contributed by atoms with Crippen LogP contribution in [0.3, 0.4) is 0 Å². The van der Waals surface area contributed by atoms with Gasteiger partial charge in [-0.05, 0) is 31.4 Å². The SMILES string of the molecule is Cc1cccc(C(=O)O)c1NC(=O)N(C)C1CCCCC1. The van der Waals surface area contributed by atoms with Crippen molar-refractivity contribution in [1.82, 2.24) is 4.90 Å². The topological polar surface area (TPSA) is 69.6 Å². The standard InChI is InChI=1S/C16H22N2O3/c1-11-7-6-10-13(15(19)20)14(11)17-16(21)18(2)12-8-4-3-5-9-12/h6-7,10,12H,3-5,8-9H2,1-2H3,(H,17,21)(H,19,20). The molecule has 1 aliphatic carbocycles. The minimum Gasteiger partial charge on any atom is -0.478 e. The molecule has 0 bridgehead atoms. The number of para-hydroxylation sites is 1. The Morgan fingerprint density at radius 3 is 2.52 bits per heavy atom.